The van der Waals surface area contributed by atoms with Crippen LogP contribution in [0, 0.1) is 13.8 Å². The van der Waals surface area contributed by atoms with Gasteiger partial charge in [-0.1, -0.05) is 12.1 Å². The maximum atomic E-state index is 4.29. The average molecular weight is 305 g/mol. The van der Waals surface area contributed by atoms with Crippen LogP contribution in [-0.4, -0.2) is 15.0 Å². The molecule has 2 aromatic heterocycles. The normalized spacial score (nSPS) is 10.3. The molecule has 23 heavy (non-hydrogen) atoms. The van der Waals surface area contributed by atoms with Crippen LogP contribution >= 0.6 is 0 Å². The van der Waals surface area contributed by atoms with Crippen molar-refractivity contribution < 1.29 is 0 Å². The van der Waals surface area contributed by atoms with Gasteiger partial charge >= 0.3 is 0 Å². The molecule has 2 N–H and O–H groups in total. The van der Waals surface area contributed by atoms with Crippen molar-refractivity contribution in [2.75, 3.05) is 10.6 Å². The fourth-order valence-corrected chi connectivity index (χ4v) is 2.22. The smallest absolute Gasteiger partial charge is 0.135 e. The Morgan fingerprint density at radius 3 is 2.52 bits per heavy atom. The monoisotopic (exact) mass is 305 g/mol. The molecule has 0 aliphatic carbocycles. The number of nitrogens with zero attached hydrogens (tertiary/aromatic N) is 3. The van der Waals surface area contributed by atoms with Crippen LogP contribution in [0.2, 0.25) is 0 Å². The van der Waals surface area contributed by atoms with E-state index in [0.717, 1.165) is 22.9 Å². The Hall–Kier alpha value is -2.95. The number of hydrogen-bond acceptors (Lipinski definition) is 5. The highest BCUT2D eigenvalue weighted by Crippen LogP contribution is 2.21. The van der Waals surface area contributed by atoms with E-state index >= 15 is 0 Å². The summed E-state index contributed by atoms with van der Waals surface area (Å²) in [6.07, 6.45) is 5.12. The average Bonchev–Trinajstić information content (AvgIpc) is 2.58. The fraction of sp³-hybridized carbons (Fsp3) is 0.167. The Morgan fingerprint density at radius 2 is 1.70 bits per heavy atom. The molecule has 0 amide bonds. The molecule has 0 saturated carbocycles. The molecule has 0 saturated heterocycles. The van der Waals surface area contributed by atoms with Crippen LogP contribution in [0.25, 0.3) is 0 Å². The maximum absolute atomic E-state index is 4.29. The first-order chi connectivity index (χ1) is 11.2. The summed E-state index contributed by atoms with van der Waals surface area (Å²) >= 11 is 0. The van der Waals surface area contributed by atoms with E-state index in [1.807, 2.05) is 18.2 Å². The number of aryl methyl sites for hydroxylation is 2. The third kappa shape index (κ3) is 4.03. The van der Waals surface area contributed by atoms with Gasteiger partial charge in [-0.05, 0) is 48.7 Å². The summed E-state index contributed by atoms with van der Waals surface area (Å²) in [6, 6.07) is 12.2. The second-order valence-electron chi connectivity index (χ2n) is 5.44. The molecule has 5 nitrogen and oxygen atoms in total. The van der Waals surface area contributed by atoms with E-state index in [-0.39, 0.29) is 0 Å². The van der Waals surface area contributed by atoms with Gasteiger partial charge in [-0.2, -0.15) is 0 Å². The van der Waals surface area contributed by atoms with Gasteiger partial charge in [0.1, 0.15) is 18.0 Å². The molecule has 0 aliphatic rings. The van der Waals surface area contributed by atoms with E-state index < -0.39 is 0 Å². The Kier molecular flexibility index (Phi) is 4.47. The lowest BCUT2D eigenvalue weighted by molar-refractivity contribution is 1.07. The van der Waals surface area contributed by atoms with E-state index in [1.54, 1.807) is 18.7 Å². The van der Waals surface area contributed by atoms with Crippen molar-refractivity contribution in [3.8, 4) is 0 Å². The van der Waals surface area contributed by atoms with Crippen molar-refractivity contribution in [2.45, 2.75) is 20.4 Å². The summed E-state index contributed by atoms with van der Waals surface area (Å²) in [5, 5.41) is 6.64. The minimum absolute atomic E-state index is 0.697. The second kappa shape index (κ2) is 6.87. The molecule has 116 valence electrons. The van der Waals surface area contributed by atoms with Crippen molar-refractivity contribution >= 4 is 17.3 Å². The summed E-state index contributed by atoms with van der Waals surface area (Å²) in [5.74, 6) is 1.55. The number of nitrogens with one attached hydrogen (secondary N) is 2. The highest BCUT2D eigenvalue weighted by atomic mass is 15.1. The minimum atomic E-state index is 0.697. The minimum Gasteiger partial charge on any atom is -0.366 e. The molecule has 0 radical (unpaired) electrons. The Bertz CT molecular complexity index is 786. The van der Waals surface area contributed by atoms with Crippen molar-refractivity contribution in [1.29, 1.82) is 0 Å². The molecule has 0 fully saturated rings. The zero-order valence-electron chi connectivity index (χ0n) is 13.2. The summed E-state index contributed by atoms with van der Waals surface area (Å²) in [6.45, 7) is 4.85. The van der Waals surface area contributed by atoms with Gasteiger partial charge in [-0.3, -0.25) is 4.98 Å². The standard InChI is InChI=1S/C18H19N5/c1-13-3-4-14(2)16(9-13)23-18-10-17(21-12-22-18)20-11-15-5-7-19-8-6-15/h3-10,12H,11H2,1-2H3,(H2,20,21,22,23). The van der Waals surface area contributed by atoms with E-state index in [4.69, 9.17) is 0 Å². The highest BCUT2D eigenvalue weighted by molar-refractivity contribution is 5.63. The Morgan fingerprint density at radius 1 is 0.913 bits per heavy atom. The SMILES string of the molecule is Cc1ccc(C)c(Nc2cc(NCc3ccncc3)ncn2)c1. The van der Waals surface area contributed by atoms with E-state index in [2.05, 4.69) is 57.6 Å². The molecule has 3 aromatic rings. The number of hydrogen-bond donors (Lipinski definition) is 2. The van der Waals surface area contributed by atoms with Crippen LogP contribution < -0.4 is 10.6 Å². The topological polar surface area (TPSA) is 62.7 Å². The van der Waals surface area contributed by atoms with Crippen LogP contribution in [-0.2, 0) is 6.54 Å². The van der Waals surface area contributed by atoms with Gasteiger partial charge in [0.15, 0.2) is 0 Å². The molecule has 0 unspecified atom stereocenters. The van der Waals surface area contributed by atoms with Crippen LogP contribution in [0.4, 0.5) is 17.3 Å². The van der Waals surface area contributed by atoms with E-state index in [1.165, 1.54) is 11.1 Å². The van der Waals surface area contributed by atoms with Crippen molar-refractivity contribution in [3.63, 3.8) is 0 Å². The summed E-state index contributed by atoms with van der Waals surface area (Å²) < 4.78 is 0. The number of benzene rings is 1. The van der Waals surface area contributed by atoms with Gasteiger partial charge in [0.05, 0.1) is 0 Å². The van der Waals surface area contributed by atoms with E-state index in [0.29, 0.717) is 6.54 Å². The summed E-state index contributed by atoms with van der Waals surface area (Å²) in [7, 11) is 0. The van der Waals surface area contributed by atoms with Crippen molar-refractivity contribution in [1.82, 2.24) is 15.0 Å². The summed E-state index contributed by atoms with van der Waals surface area (Å²) in [5.41, 5.74) is 4.61. The first-order valence-electron chi connectivity index (χ1n) is 7.50. The number of rotatable bonds is 5. The third-order valence-corrected chi connectivity index (χ3v) is 3.55. The van der Waals surface area contributed by atoms with Crippen molar-refractivity contribution in [2.24, 2.45) is 0 Å². The first-order valence-corrected chi connectivity index (χ1v) is 7.50. The van der Waals surface area contributed by atoms with Gasteiger partial charge in [0.25, 0.3) is 0 Å². The van der Waals surface area contributed by atoms with Crippen LogP contribution in [0.3, 0.4) is 0 Å². The Balaban J connectivity index is 1.71. The lowest BCUT2D eigenvalue weighted by Gasteiger charge is -2.11. The predicted octanol–water partition coefficient (Wildman–Crippen LogP) is 3.84. The molecule has 0 atom stereocenters. The van der Waals surface area contributed by atoms with Gasteiger partial charge in [-0.25, -0.2) is 9.97 Å². The maximum Gasteiger partial charge on any atom is 0.135 e. The number of aromatic nitrogens is 3. The van der Waals surface area contributed by atoms with E-state index in [9.17, 15) is 0 Å². The zero-order valence-corrected chi connectivity index (χ0v) is 13.2. The molecule has 0 spiro atoms. The number of pyridine rings is 1. The molecule has 1 aromatic carbocycles. The zero-order chi connectivity index (χ0) is 16.1. The fourth-order valence-electron chi connectivity index (χ4n) is 2.22. The summed E-state index contributed by atoms with van der Waals surface area (Å²) in [4.78, 5) is 12.6. The van der Waals surface area contributed by atoms with Gasteiger partial charge in [0, 0.05) is 30.7 Å². The quantitative estimate of drug-likeness (QED) is 0.750. The highest BCUT2D eigenvalue weighted by Gasteiger charge is 2.03. The van der Waals surface area contributed by atoms with Crippen LogP contribution in [0.1, 0.15) is 16.7 Å². The first kappa shape index (κ1) is 15.0. The van der Waals surface area contributed by atoms with Gasteiger partial charge in [-0.15, -0.1) is 0 Å². The molecule has 3 rings (SSSR count). The molecule has 0 aliphatic heterocycles. The second-order valence-corrected chi connectivity index (χ2v) is 5.44. The Labute approximate surface area is 135 Å². The number of anilines is 3. The molecule has 0 bridgehead atoms. The lowest BCUT2D eigenvalue weighted by Crippen LogP contribution is -2.03. The predicted molar refractivity (Wildman–Crippen MR) is 92.8 cm³/mol. The van der Waals surface area contributed by atoms with Gasteiger partial charge in [0.2, 0.25) is 0 Å². The molecule has 2 heterocycles. The van der Waals surface area contributed by atoms with Gasteiger partial charge < -0.3 is 10.6 Å². The van der Waals surface area contributed by atoms with Crippen LogP contribution in [0.15, 0.2) is 55.1 Å². The molecular weight excluding hydrogens is 286 g/mol. The molecular formula is C18H19N5. The molecule has 5 heteroatoms. The third-order valence-electron chi connectivity index (χ3n) is 3.55. The largest absolute Gasteiger partial charge is 0.366 e. The van der Waals surface area contributed by atoms with Crippen LogP contribution in [0.5, 0.6) is 0 Å². The van der Waals surface area contributed by atoms with Crippen molar-refractivity contribution in [3.05, 3.63) is 71.8 Å². The lowest BCUT2D eigenvalue weighted by atomic mass is 10.1.